The summed E-state index contributed by atoms with van der Waals surface area (Å²) in [7, 11) is 0. The normalized spacial score (nSPS) is 24.6. The Balaban J connectivity index is 1.28. The number of carbonyl (C=O) groups excluding carboxylic acids is 2. The minimum atomic E-state index is -0.398. The quantitative estimate of drug-likeness (QED) is 0.309. The Morgan fingerprint density at radius 2 is 2.09 bits per heavy atom. The van der Waals surface area contributed by atoms with Gasteiger partial charge in [-0.3, -0.25) is 14.3 Å². The fourth-order valence-corrected chi connectivity index (χ4v) is 6.73. The molecular formula is C24H30FN5O3S. The Kier molecular flexibility index (Phi) is 6.76. The summed E-state index contributed by atoms with van der Waals surface area (Å²) in [5.41, 5.74) is 0. The van der Waals surface area contributed by atoms with Crippen LogP contribution in [0.3, 0.4) is 0 Å². The molecule has 182 valence electrons. The van der Waals surface area contributed by atoms with Crippen LogP contribution in [0.1, 0.15) is 50.9 Å². The van der Waals surface area contributed by atoms with Crippen LogP contribution in [0.4, 0.5) is 9.18 Å². The molecule has 5 rings (SSSR count). The van der Waals surface area contributed by atoms with Crippen molar-refractivity contribution in [3.63, 3.8) is 0 Å². The van der Waals surface area contributed by atoms with E-state index in [1.807, 2.05) is 0 Å². The molecule has 0 radical (unpaired) electrons. The lowest BCUT2D eigenvalue weighted by Gasteiger charge is -2.30. The van der Waals surface area contributed by atoms with Crippen molar-refractivity contribution in [2.75, 3.05) is 18.8 Å². The lowest BCUT2D eigenvalue weighted by atomic mass is 9.84. The molecule has 2 heterocycles. The fourth-order valence-electron chi connectivity index (χ4n) is 5.76. The molecule has 3 aliphatic rings. The minimum Gasteiger partial charge on any atom is -0.483 e. The van der Waals surface area contributed by atoms with Crippen LogP contribution in [0.5, 0.6) is 5.75 Å². The molecule has 1 aromatic heterocycles. The van der Waals surface area contributed by atoms with E-state index in [9.17, 15) is 14.0 Å². The van der Waals surface area contributed by atoms with Crippen molar-refractivity contribution in [2.24, 2.45) is 17.8 Å². The van der Waals surface area contributed by atoms with E-state index in [1.54, 1.807) is 30.0 Å². The first-order valence-corrected chi connectivity index (χ1v) is 13.0. The number of rotatable bonds is 10. The third-order valence-corrected chi connectivity index (χ3v) is 8.47. The summed E-state index contributed by atoms with van der Waals surface area (Å²) in [5, 5.41) is 12.2. The van der Waals surface area contributed by atoms with Gasteiger partial charge in [0.05, 0.1) is 6.54 Å². The monoisotopic (exact) mass is 487 g/mol. The Bertz CT molecular complexity index is 1050. The molecule has 34 heavy (non-hydrogen) atoms. The standard InChI is InChI=1S/C24H30FN5O3S/c1-15(18-12-16-7-8-17(18)11-16)30-21(14-33-20-6-3-2-5-19(20)25)27-28-24(30)34-10-4-9-29-22(31)13-26-23(29)32/h2-3,5-6,15-18H,4,7-14H2,1H3,(H,26,32). The molecule has 1 aromatic carbocycles. The first-order valence-electron chi connectivity index (χ1n) is 12.0. The number of imide groups is 1. The lowest BCUT2D eigenvalue weighted by molar-refractivity contribution is -0.124. The van der Waals surface area contributed by atoms with E-state index in [1.165, 1.54) is 36.6 Å². The number of amides is 3. The molecule has 0 spiro atoms. The number of urea groups is 1. The summed E-state index contributed by atoms with van der Waals surface area (Å²) in [5.74, 6) is 3.15. The molecule has 2 saturated carbocycles. The summed E-state index contributed by atoms with van der Waals surface area (Å²) < 4.78 is 22.0. The maximum atomic E-state index is 14.1. The van der Waals surface area contributed by atoms with Crippen molar-refractivity contribution >= 4 is 23.7 Å². The molecule has 4 unspecified atom stereocenters. The molecule has 3 amide bonds. The molecule has 10 heteroatoms. The molecule has 2 aromatic rings. The number of nitrogens with zero attached hydrogens (tertiary/aromatic N) is 4. The van der Waals surface area contributed by atoms with E-state index < -0.39 is 5.82 Å². The molecule has 1 aliphatic heterocycles. The average Bonchev–Trinajstić information content (AvgIpc) is 3.62. The van der Waals surface area contributed by atoms with E-state index in [2.05, 4.69) is 27.0 Å². The van der Waals surface area contributed by atoms with Gasteiger partial charge >= 0.3 is 6.03 Å². The Morgan fingerprint density at radius 1 is 1.24 bits per heavy atom. The van der Waals surface area contributed by atoms with Gasteiger partial charge in [0.1, 0.15) is 6.61 Å². The molecule has 1 N–H and O–H groups in total. The Labute approximate surface area is 202 Å². The molecule has 8 nitrogen and oxygen atoms in total. The van der Waals surface area contributed by atoms with Gasteiger partial charge in [-0.05, 0) is 62.5 Å². The highest BCUT2D eigenvalue weighted by molar-refractivity contribution is 7.99. The number of hydrogen-bond donors (Lipinski definition) is 1. The molecule has 4 atom stereocenters. The maximum absolute atomic E-state index is 14.1. The molecule has 2 bridgehead atoms. The van der Waals surface area contributed by atoms with Crippen molar-refractivity contribution in [2.45, 2.75) is 56.8 Å². The zero-order chi connectivity index (χ0) is 23.7. The topological polar surface area (TPSA) is 89.3 Å². The van der Waals surface area contributed by atoms with Crippen LogP contribution >= 0.6 is 11.8 Å². The number of fused-ring (bicyclic) bond motifs is 2. The van der Waals surface area contributed by atoms with Gasteiger partial charge in [-0.25, -0.2) is 9.18 Å². The Hall–Kier alpha value is -2.62. The number of thioether (sulfide) groups is 1. The Morgan fingerprint density at radius 3 is 2.79 bits per heavy atom. The molecular weight excluding hydrogens is 457 g/mol. The predicted octanol–water partition coefficient (Wildman–Crippen LogP) is 4.03. The van der Waals surface area contributed by atoms with Crippen LogP contribution in [0.25, 0.3) is 0 Å². The van der Waals surface area contributed by atoms with Gasteiger partial charge in [-0.1, -0.05) is 30.3 Å². The van der Waals surface area contributed by atoms with E-state index in [0.29, 0.717) is 30.5 Å². The summed E-state index contributed by atoms with van der Waals surface area (Å²) in [6, 6.07) is 6.27. The summed E-state index contributed by atoms with van der Waals surface area (Å²) in [6.45, 7) is 2.84. The van der Waals surface area contributed by atoms with Gasteiger partial charge in [0.25, 0.3) is 0 Å². The molecule has 1 saturated heterocycles. The fraction of sp³-hybridized carbons (Fsp3) is 0.583. The van der Waals surface area contributed by atoms with E-state index in [4.69, 9.17) is 4.74 Å². The maximum Gasteiger partial charge on any atom is 0.324 e. The van der Waals surface area contributed by atoms with E-state index in [-0.39, 0.29) is 36.9 Å². The minimum absolute atomic E-state index is 0.0761. The highest BCUT2D eigenvalue weighted by Crippen LogP contribution is 2.52. The van der Waals surface area contributed by atoms with Crippen LogP contribution in [0.2, 0.25) is 0 Å². The number of halogens is 1. The van der Waals surface area contributed by atoms with Crippen LogP contribution in [-0.2, 0) is 11.4 Å². The number of nitrogens with one attached hydrogen (secondary N) is 1. The molecule has 2 aliphatic carbocycles. The number of benzene rings is 1. The first kappa shape index (κ1) is 23.1. The average molecular weight is 488 g/mol. The second kappa shape index (κ2) is 9.93. The number of aromatic nitrogens is 3. The molecule has 3 fully saturated rings. The zero-order valence-electron chi connectivity index (χ0n) is 19.3. The van der Waals surface area contributed by atoms with Crippen LogP contribution < -0.4 is 10.1 Å². The van der Waals surface area contributed by atoms with E-state index >= 15 is 0 Å². The predicted molar refractivity (Wildman–Crippen MR) is 125 cm³/mol. The smallest absolute Gasteiger partial charge is 0.324 e. The van der Waals surface area contributed by atoms with Gasteiger partial charge in [-0.15, -0.1) is 10.2 Å². The van der Waals surface area contributed by atoms with Crippen molar-refractivity contribution in [3.05, 3.63) is 35.9 Å². The van der Waals surface area contributed by atoms with Crippen molar-refractivity contribution < 1.29 is 18.7 Å². The van der Waals surface area contributed by atoms with Crippen LogP contribution in [-0.4, -0.2) is 50.4 Å². The van der Waals surface area contributed by atoms with E-state index in [0.717, 1.165) is 17.0 Å². The second-order valence-corrected chi connectivity index (χ2v) is 10.5. The van der Waals surface area contributed by atoms with Gasteiger partial charge < -0.3 is 10.1 Å². The van der Waals surface area contributed by atoms with Crippen molar-refractivity contribution in [1.82, 2.24) is 25.0 Å². The lowest BCUT2D eigenvalue weighted by Crippen LogP contribution is -2.32. The van der Waals surface area contributed by atoms with Gasteiger partial charge in [0.15, 0.2) is 22.5 Å². The number of hydrogen-bond acceptors (Lipinski definition) is 6. The van der Waals surface area contributed by atoms with Gasteiger partial charge in [-0.2, -0.15) is 0 Å². The van der Waals surface area contributed by atoms with Crippen molar-refractivity contribution in [1.29, 1.82) is 0 Å². The number of carbonyl (C=O) groups is 2. The number of ether oxygens (including phenoxy) is 1. The largest absolute Gasteiger partial charge is 0.483 e. The van der Waals surface area contributed by atoms with Gasteiger partial charge in [0, 0.05) is 18.3 Å². The second-order valence-electron chi connectivity index (χ2n) is 9.47. The highest BCUT2D eigenvalue weighted by Gasteiger charge is 2.43. The van der Waals surface area contributed by atoms with Gasteiger partial charge in [0.2, 0.25) is 5.91 Å². The van der Waals surface area contributed by atoms with Crippen LogP contribution in [0, 0.1) is 23.6 Å². The zero-order valence-corrected chi connectivity index (χ0v) is 20.1. The van der Waals surface area contributed by atoms with Crippen LogP contribution in [0.15, 0.2) is 29.4 Å². The summed E-state index contributed by atoms with van der Waals surface area (Å²) >= 11 is 1.58. The third kappa shape index (κ3) is 4.64. The summed E-state index contributed by atoms with van der Waals surface area (Å²) in [4.78, 5) is 24.8. The van der Waals surface area contributed by atoms with Crippen molar-refractivity contribution in [3.8, 4) is 5.75 Å². The third-order valence-electron chi connectivity index (χ3n) is 7.44. The highest BCUT2D eigenvalue weighted by atomic mass is 32.2. The summed E-state index contributed by atoms with van der Waals surface area (Å²) in [6.07, 6.45) is 5.84. The number of para-hydroxylation sites is 1. The SMILES string of the molecule is CC(C1CC2CCC1C2)n1c(COc2ccccc2F)nnc1SCCCN1C(=O)CNC1=O. The first-order chi connectivity index (χ1) is 16.5.